The predicted octanol–water partition coefficient (Wildman–Crippen LogP) is 2.42. The molecule has 0 atom stereocenters. The lowest BCUT2D eigenvalue weighted by Gasteiger charge is -2.09. The third-order valence-electron chi connectivity index (χ3n) is 3.53. The molecule has 1 amide bonds. The monoisotopic (exact) mass is 448 g/mol. The first-order valence-corrected chi connectivity index (χ1v) is 8.81. The molecule has 7 nitrogen and oxygen atoms in total. The summed E-state index contributed by atoms with van der Waals surface area (Å²) < 4.78 is 2.91. The molecule has 3 rings (SSSR count). The summed E-state index contributed by atoms with van der Waals surface area (Å²) in [5, 5.41) is 6.07. The van der Waals surface area contributed by atoms with Crippen LogP contribution in [0.3, 0.4) is 0 Å². The first-order chi connectivity index (χ1) is 12.1. The van der Waals surface area contributed by atoms with E-state index in [2.05, 4.69) is 48.2 Å². The Morgan fingerprint density at radius 2 is 2.08 bits per heavy atom. The molecule has 2 aromatic heterocycles. The van der Waals surface area contributed by atoms with E-state index in [1.165, 1.54) is 6.33 Å². The second kappa shape index (κ2) is 8.06. The van der Waals surface area contributed by atoms with Gasteiger partial charge in [0.25, 0.3) is 5.91 Å². The first kappa shape index (κ1) is 17.3. The van der Waals surface area contributed by atoms with Gasteiger partial charge in [-0.2, -0.15) is 0 Å². The van der Waals surface area contributed by atoms with Crippen LogP contribution in [0.15, 0.2) is 49.1 Å². The number of amides is 1. The zero-order valence-electron chi connectivity index (χ0n) is 13.6. The van der Waals surface area contributed by atoms with Gasteiger partial charge in [0.05, 0.1) is 0 Å². The normalized spacial score (nSPS) is 10.5. The number of rotatable bonds is 6. The summed E-state index contributed by atoms with van der Waals surface area (Å²) in [5.41, 5.74) is 0.659. The summed E-state index contributed by atoms with van der Waals surface area (Å²) >= 11 is 2.19. The second-order valence-corrected chi connectivity index (χ2v) is 6.54. The minimum atomic E-state index is -0.0854. The third-order valence-corrected chi connectivity index (χ3v) is 4.20. The summed E-state index contributed by atoms with van der Waals surface area (Å²) in [5.74, 6) is 2.21. The molecule has 8 heteroatoms. The number of hydrogen-bond donors (Lipinski definition) is 2. The maximum absolute atomic E-state index is 12.1. The number of anilines is 1. The van der Waals surface area contributed by atoms with E-state index in [0.717, 1.165) is 15.2 Å². The molecule has 128 valence electrons. The van der Waals surface area contributed by atoms with E-state index in [9.17, 15) is 4.79 Å². The van der Waals surface area contributed by atoms with Gasteiger partial charge in [-0.25, -0.2) is 15.0 Å². The van der Waals surface area contributed by atoms with Crippen molar-refractivity contribution in [2.24, 2.45) is 0 Å². The molecule has 0 aliphatic heterocycles. The van der Waals surface area contributed by atoms with Crippen LogP contribution in [0.4, 0.5) is 5.82 Å². The molecule has 0 fully saturated rings. The van der Waals surface area contributed by atoms with Gasteiger partial charge in [0.15, 0.2) is 0 Å². The summed E-state index contributed by atoms with van der Waals surface area (Å²) in [7, 11) is 0. The SMILES string of the molecule is Cc1nccn1-c1cc(NCCNC(=O)c2cccc(I)c2)ncn1. The van der Waals surface area contributed by atoms with Crippen LogP contribution >= 0.6 is 22.6 Å². The Bertz CT molecular complexity index is 879. The minimum Gasteiger partial charge on any atom is -0.368 e. The van der Waals surface area contributed by atoms with Crippen molar-refractivity contribution in [2.45, 2.75) is 6.92 Å². The Hall–Kier alpha value is -2.49. The Kier molecular flexibility index (Phi) is 5.59. The van der Waals surface area contributed by atoms with Crippen LogP contribution < -0.4 is 10.6 Å². The van der Waals surface area contributed by atoms with Crippen LogP contribution in [-0.4, -0.2) is 38.5 Å². The molecule has 3 aromatic rings. The molecular weight excluding hydrogens is 431 g/mol. The van der Waals surface area contributed by atoms with Crippen molar-refractivity contribution in [1.29, 1.82) is 0 Å². The molecular formula is C17H17IN6O. The number of carbonyl (C=O) groups excluding carboxylic acids is 1. The molecule has 0 unspecified atom stereocenters. The molecule has 0 aliphatic rings. The van der Waals surface area contributed by atoms with Crippen molar-refractivity contribution in [3.8, 4) is 5.82 Å². The van der Waals surface area contributed by atoms with E-state index in [-0.39, 0.29) is 5.91 Å². The van der Waals surface area contributed by atoms with Crippen molar-refractivity contribution in [3.63, 3.8) is 0 Å². The van der Waals surface area contributed by atoms with Crippen LogP contribution in [-0.2, 0) is 0 Å². The molecule has 0 spiro atoms. The lowest BCUT2D eigenvalue weighted by atomic mass is 10.2. The van der Waals surface area contributed by atoms with Crippen LogP contribution in [0, 0.1) is 10.5 Å². The van der Waals surface area contributed by atoms with E-state index < -0.39 is 0 Å². The van der Waals surface area contributed by atoms with E-state index in [4.69, 9.17) is 0 Å². The van der Waals surface area contributed by atoms with Crippen molar-refractivity contribution in [2.75, 3.05) is 18.4 Å². The van der Waals surface area contributed by atoms with Gasteiger partial charge in [-0.15, -0.1) is 0 Å². The standard InChI is InChI=1S/C17H17IN6O/c1-12-19-7-8-24(12)16-10-15(22-11-23-16)20-5-6-21-17(25)13-3-2-4-14(18)9-13/h2-4,7-11H,5-6H2,1H3,(H,21,25)(H,20,22,23). The maximum Gasteiger partial charge on any atom is 0.251 e. The number of imidazole rings is 1. The minimum absolute atomic E-state index is 0.0854. The highest BCUT2D eigenvalue weighted by Gasteiger charge is 2.06. The van der Waals surface area contributed by atoms with Gasteiger partial charge in [0.1, 0.15) is 23.8 Å². The molecule has 25 heavy (non-hydrogen) atoms. The number of carbonyl (C=O) groups is 1. The molecule has 0 bridgehead atoms. The van der Waals surface area contributed by atoms with Gasteiger partial charge < -0.3 is 10.6 Å². The van der Waals surface area contributed by atoms with Gasteiger partial charge >= 0.3 is 0 Å². The Morgan fingerprint density at radius 3 is 2.84 bits per heavy atom. The quantitative estimate of drug-likeness (QED) is 0.447. The highest BCUT2D eigenvalue weighted by molar-refractivity contribution is 14.1. The Morgan fingerprint density at radius 1 is 1.20 bits per heavy atom. The molecule has 0 saturated heterocycles. The van der Waals surface area contributed by atoms with E-state index >= 15 is 0 Å². The molecule has 0 aliphatic carbocycles. The molecule has 0 saturated carbocycles. The van der Waals surface area contributed by atoms with Crippen molar-refractivity contribution >= 4 is 34.3 Å². The second-order valence-electron chi connectivity index (χ2n) is 5.30. The zero-order chi connectivity index (χ0) is 17.6. The fourth-order valence-corrected chi connectivity index (χ4v) is 2.84. The smallest absolute Gasteiger partial charge is 0.251 e. The first-order valence-electron chi connectivity index (χ1n) is 7.73. The largest absolute Gasteiger partial charge is 0.368 e. The highest BCUT2D eigenvalue weighted by atomic mass is 127. The predicted molar refractivity (Wildman–Crippen MR) is 104 cm³/mol. The fraction of sp³-hybridized carbons (Fsp3) is 0.176. The van der Waals surface area contributed by atoms with Crippen LogP contribution in [0.2, 0.25) is 0 Å². The van der Waals surface area contributed by atoms with E-state index in [0.29, 0.717) is 24.5 Å². The fourth-order valence-electron chi connectivity index (χ4n) is 2.29. The number of nitrogens with one attached hydrogen (secondary N) is 2. The van der Waals surface area contributed by atoms with Crippen molar-refractivity contribution < 1.29 is 4.79 Å². The number of nitrogens with zero attached hydrogens (tertiary/aromatic N) is 4. The molecule has 2 N–H and O–H groups in total. The highest BCUT2D eigenvalue weighted by Crippen LogP contribution is 2.10. The Labute approximate surface area is 159 Å². The van der Waals surface area contributed by atoms with Gasteiger partial charge in [0.2, 0.25) is 0 Å². The summed E-state index contributed by atoms with van der Waals surface area (Å²) in [4.78, 5) is 24.7. The van der Waals surface area contributed by atoms with Crippen LogP contribution in [0.5, 0.6) is 0 Å². The average molecular weight is 448 g/mol. The zero-order valence-corrected chi connectivity index (χ0v) is 15.8. The van der Waals surface area contributed by atoms with Crippen molar-refractivity contribution in [1.82, 2.24) is 24.8 Å². The van der Waals surface area contributed by atoms with Crippen LogP contribution in [0.1, 0.15) is 16.2 Å². The van der Waals surface area contributed by atoms with Gasteiger partial charge in [-0.1, -0.05) is 6.07 Å². The number of halogens is 1. The third kappa shape index (κ3) is 4.53. The van der Waals surface area contributed by atoms with Gasteiger partial charge in [0, 0.05) is 40.7 Å². The average Bonchev–Trinajstić information content (AvgIpc) is 3.05. The van der Waals surface area contributed by atoms with E-state index in [1.807, 2.05) is 42.0 Å². The summed E-state index contributed by atoms with van der Waals surface area (Å²) in [6, 6.07) is 9.32. The number of hydrogen-bond acceptors (Lipinski definition) is 5. The Balaban J connectivity index is 1.53. The molecule has 0 radical (unpaired) electrons. The number of aromatic nitrogens is 4. The molecule has 2 heterocycles. The maximum atomic E-state index is 12.1. The van der Waals surface area contributed by atoms with Crippen LogP contribution in [0.25, 0.3) is 5.82 Å². The summed E-state index contributed by atoms with van der Waals surface area (Å²) in [6.07, 6.45) is 5.08. The lowest BCUT2D eigenvalue weighted by molar-refractivity contribution is 0.0955. The number of aryl methyl sites for hydroxylation is 1. The van der Waals surface area contributed by atoms with E-state index in [1.54, 1.807) is 12.3 Å². The number of benzene rings is 1. The molecule has 1 aromatic carbocycles. The van der Waals surface area contributed by atoms with Gasteiger partial charge in [-0.3, -0.25) is 9.36 Å². The lowest BCUT2D eigenvalue weighted by Crippen LogP contribution is -2.29. The van der Waals surface area contributed by atoms with Crippen molar-refractivity contribution in [3.05, 3.63) is 64.0 Å². The summed E-state index contributed by atoms with van der Waals surface area (Å²) in [6.45, 7) is 2.97. The van der Waals surface area contributed by atoms with Gasteiger partial charge in [-0.05, 0) is 47.7 Å². The topological polar surface area (TPSA) is 84.7 Å².